The molecule has 116 valence electrons. The molecule has 1 N–H and O–H groups in total. The largest absolute Gasteiger partial charge is 0.405 e. The summed E-state index contributed by atoms with van der Waals surface area (Å²) in [5.74, 6) is -1.02. The average Bonchev–Trinajstić information content (AvgIpc) is 2.33. The first kappa shape index (κ1) is 16.8. The van der Waals surface area contributed by atoms with E-state index in [1.165, 1.54) is 0 Å². The molecule has 1 fully saturated rings. The topological polar surface area (TPSA) is 49.4 Å². The van der Waals surface area contributed by atoms with Gasteiger partial charge >= 0.3 is 6.18 Å². The predicted molar refractivity (Wildman–Crippen MR) is 67.8 cm³/mol. The van der Waals surface area contributed by atoms with Gasteiger partial charge in [-0.25, -0.2) is 0 Å². The summed E-state index contributed by atoms with van der Waals surface area (Å²) < 4.78 is 36.0. The molecule has 1 aliphatic heterocycles. The second-order valence-corrected chi connectivity index (χ2v) is 6.15. The molecule has 1 aliphatic rings. The van der Waals surface area contributed by atoms with Crippen LogP contribution in [0.15, 0.2) is 0 Å². The normalized spacial score (nSPS) is 18.0. The molecule has 1 saturated heterocycles. The summed E-state index contributed by atoms with van der Waals surface area (Å²) in [4.78, 5) is 25.3. The van der Waals surface area contributed by atoms with Gasteiger partial charge in [0.2, 0.25) is 11.8 Å². The maximum atomic E-state index is 12.0. The van der Waals surface area contributed by atoms with E-state index in [9.17, 15) is 22.8 Å². The third-order valence-electron chi connectivity index (χ3n) is 3.26. The lowest BCUT2D eigenvalue weighted by Crippen LogP contribution is -2.47. The van der Waals surface area contributed by atoms with Crippen molar-refractivity contribution in [3.63, 3.8) is 0 Å². The fraction of sp³-hybridized carbons (Fsp3) is 0.846. The Morgan fingerprint density at radius 1 is 1.15 bits per heavy atom. The SMILES string of the molecule is CC(C)(C)C(=O)N1CCC(C(=O)NCC(F)(F)F)CC1. The Bertz CT molecular complexity index is 367. The van der Waals surface area contributed by atoms with Gasteiger partial charge in [0.05, 0.1) is 0 Å². The van der Waals surface area contributed by atoms with Crippen LogP contribution in [0.2, 0.25) is 0 Å². The third kappa shape index (κ3) is 5.02. The maximum Gasteiger partial charge on any atom is 0.405 e. The fourth-order valence-corrected chi connectivity index (χ4v) is 2.15. The summed E-state index contributed by atoms with van der Waals surface area (Å²) in [5, 5.41) is 1.90. The third-order valence-corrected chi connectivity index (χ3v) is 3.26. The second kappa shape index (κ2) is 6.01. The van der Waals surface area contributed by atoms with E-state index in [1.807, 2.05) is 26.1 Å². The Hall–Kier alpha value is -1.27. The summed E-state index contributed by atoms with van der Waals surface area (Å²) in [7, 11) is 0. The quantitative estimate of drug-likeness (QED) is 0.846. The van der Waals surface area contributed by atoms with Crippen molar-refractivity contribution in [2.45, 2.75) is 39.8 Å². The second-order valence-electron chi connectivity index (χ2n) is 6.15. The highest BCUT2D eigenvalue weighted by molar-refractivity contribution is 5.82. The standard InChI is InChI=1S/C13H21F3N2O2/c1-12(2,3)11(20)18-6-4-9(5-7-18)10(19)17-8-13(14,15)16/h9H,4-8H2,1-3H3,(H,17,19). The van der Waals surface area contributed by atoms with Gasteiger partial charge < -0.3 is 10.2 Å². The van der Waals surface area contributed by atoms with E-state index < -0.39 is 30.0 Å². The number of hydrogen-bond donors (Lipinski definition) is 1. The number of amides is 2. The molecule has 0 atom stereocenters. The Morgan fingerprint density at radius 3 is 2.05 bits per heavy atom. The van der Waals surface area contributed by atoms with Gasteiger partial charge in [-0.1, -0.05) is 20.8 Å². The lowest BCUT2D eigenvalue weighted by Gasteiger charge is -2.35. The summed E-state index contributed by atoms with van der Waals surface area (Å²) in [5.41, 5.74) is -0.481. The van der Waals surface area contributed by atoms with Crippen LogP contribution < -0.4 is 5.32 Å². The van der Waals surface area contributed by atoms with Crippen LogP contribution in [-0.4, -0.2) is 42.5 Å². The van der Waals surface area contributed by atoms with E-state index in [0.29, 0.717) is 25.9 Å². The first-order valence-electron chi connectivity index (χ1n) is 6.64. The van der Waals surface area contributed by atoms with Gasteiger partial charge in [0.1, 0.15) is 6.54 Å². The predicted octanol–water partition coefficient (Wildman–Crippen LogP) is 1.95. The number of nitrogens with one attached hydrogen (secondary N) is 1. The van der Waals surface area contributed by atoms with Gasteiger partial charge in [-0.05, 0) is 12.8 Å². The molecule has 7 heteroatoms. The van der Waals surface area contributed by atoms with Crippen LogP contribution >= 0.6 is 0 Å². The number of carbonyl (C=O) groups is 2. The number of halogens is 3. The number of rotatable bonds is 2. The number of hydrogen-bond acceptors (Lipinski definition) is 2. The number of piperidine rings is 1. The van der Waals surface area contributed by atoms with Gasteiger partial charge in [0.15, 0.2) is 0 Å². The van der Waals surface area contributed by atoms with Crippen LogP contribution in [0.3, 0.4) is 0 Å². The highest BCUT2D eigenvalue weighted by atomic mass is 19.4. The van der Waals surface area contributed by atoms with Gasteiger partial charge in [0, 0.05) is 24.4 Å². The van der Waals surface area contributed by atoms with Crippen molar-refractivity contribution in [1.29, 1.82) is 0 Å². The van der Waals surface area contributed by atoms with Crippen molar-refractivity contribution in [2.75, 3.05) is 19.6 Å². The van der Waals surface area contributed by atoms with Crippen molar-refractivity contribution >= 4 is 11.8 Å². The van der Waals surface area contributed by atoms with Crippen LogP contribution in [0.1, 0.15) is 33.6 Å². The summed E-state index contributed by atoms with van der Waals surface area (Å²) in [6, 6.07) is 0. The minimum atomic E-state index is -4.39. The lowest BCUT2D eigenvalue weighted by molar-refractivity contribution is -0.145. The molecular weight excluding hydrogens is 273 g/mol. The van der Waals surface area contributed by atoms with Crippen LogP contribution in [-0.2, 0) is 9.59 Å². The molecule has 1 rings (SSSR count). The molecule has 1 heterocycles. The van der Waals surface area contributed by atoms with E-state index in [1.54, 1.807) is 4.90 Å². The molecule has 0 aliphatic carbocycles. The Morgan fingerprint density at radius 2 is 1.65 bits per heavy atom. The average molecular weight is 294 g/mol. The highest BCUT2D eigenvalue weighted by Crippen LogP contribution is 2.24. The van der Waals surface area contributed by atoms with E-state index >= 15 is 0 Å². The Labute approximate surface area is 116 Å². The molecule has 0 saturated carbocycles. The minimum absolute atomic E-state index is 0.00616. The molecular formula is C13H21F3N2O2. The van der Waals surface area contributed by atoms with Gasteiger partial charge in [-0.15, -0.1) is 0 Å². The zero-order chi connectivity index (χ0) is 15.6. The van der Waals surface area contributed by atoms with Crippen molar-refractivity contribution in [3.8, 4) is 0 Å². The van der Waals surface area contributed by atoms with Crippen LogP contribution in [0.25, 0.3) is 0 Å². The number of likely N-dealkylation sites (tertiary alicyclic amines) is 1. The lowest BCUT2D eigenvalue weighted by atomic mass is 9.91. The molecule has 0 aromatic carbocycles. The van der Waals surface area contributed by atoms with E-state index in [4.69, 9.17) is 0 Å². The van der Waals surface area contributed by atoms with Gasteiger partial charge in [0.25, 0.3) is 0 Å². The molecule has 0 unspecified atom stereocenters. The first-order valence-corrected chi connectivity index (χ1v) is 6.64. The van der Waals surface area contributed by atoms with Crippen molar-refractivity contribution < 1.29 is 22.8 Å². The minimum Gasteiger partial charge on any atom is -0.347 e. The van der Waals surface area contributed by atoms with Gasteiger partial charge in [-0.3, -0.25) is 9.59 Å². The highest BCUT2D eigenvalue weighted by Gasteiger charge is 2.34. The smallest absolute Gasteiger partial charge is 0.347 e. The zero-order valence-electron chi connectivity index (χ0n) is 12.0. The number of alkyl halides is 3. The summed E-state index contributed by atoms with van der Waals surface area (Å²) in [6.07, 6.45) is -3.57. The zero-order valence-corrected chi connectivity index (χ0v) is 12.0. The Kier molecular flexibility index (Phi) is 5.05. The summed E-state index contributed by atoms with van der Waals surface area (Å²) in [6.45, 7) is 4.99. The van der Waals surface area contributed by atoms with Gasteiger partial charge in [-0.2, -0.15) is 13.2 Å². The molecule has 0 radical (unpaired) electrons. The molecule has 0 spiro atoms. The Balaban J connectivity index is 2.42. The molecule has 0 aromatic rings. The van der Waals surface area contributed by atoms with Crippen molar-refractivity contribution in [3.05, 3.63) is 0 Å². The molecule has 0 aromatic heterocycles. The molecule has 2 amide bonds. The van der Waals surface area contributed by atoms with Crippen molar-refractivity contribution in [2.24, 2.45) is 11.3 Å². The first-order chi connectivity index (χ1) is 9.00. The molecule has 20 heavy (non-hydrogen) atoms. The van der Waals surface area contributed by atoms with E-state index in [-0.39, 0.29) is 5.91 Å². The van der Waals surface area contributed by atoms with E-state index in [2.05, 4.69) is 0 Å². The van der Waals surface area contributed by atoms with Crippen LogP contribution in [0.5, 0.6) is 0 Å². The van der Waals surface area contributed by atoms with E-state index in [0.717, 1.165) is 0 Å². The number of carbonyl (C=O) groups excluding carboxylic acids is 2. The van der Waals surface area contributed by atoms with Crippen molar-refractivity contribution in [1.82, 2.24) is 10.2 Å². The molecule has 0 bridgehead atoms. The van der Waals surface area contributed by atoms with Crippen LogP contribution in [0, 0.1) is 11.3 Å². The maximum absolute atomic E-state index is 12.0. The summed E-state index contributed by atoms with van der Waals surface area (Å²) >= 11 is 0. The molecule has 4 nitrogen and oxygen atoms in total. The monoisotopic (exact) mass is 294 g/mol. The van der Waals surface area contributed by atoms with Crippen LogP contribution in [0.4, 0.5) is 13.2 Å². The number of nitrogens with zero attached hydrogens (tertiary/aromatic N) is 1. The fourth-order valence-electron chi connectivity index (χ4n) is 2.15.